The Morgan fingerprint density at radius 1 is 1.47 bits per heavy atom. The highest BCUT2D eigenvalue weighted by atomic mass is 16.5. The van der Waals surface area contributed by atoms with Crippen LogP contribution in [0.4, 0.5) is 5.69 Å². The fraction of sp³-hybridized carbons (Fsp3) is 0.286. The molecule has 3 heterocycles. The van der Waals surface area contributed by atoms with Crippen LogP contribution in [0, 0.1) is 6.92 Å². The Morgan fingerprint density at radius 3 is 2.89 bits per heavy atom. The van der Waals surface area contributed by atoms with Crippen molar-refractivity contribution < 1.29 is 4.74 Å². The number of ether oxygens (including phenoxy) is 1. The summed E-state index contributed by atoms with van der Waals surface area (Å²) in [6.45, 7) is 5.65. The van der Waals surface area contributed by atoms with Crippen LogP contribution in [-0.4, -0.2) is 27.9 Å². The normalized spacial score (nSPS) is 13.5. The molecule has 0 aliphatic carbocycles. The van der Waals surface area contributed by atoms with E-state index >= 15 is 0 Å². The van der Waals surface area contributed by atoms with Crippen molar-refractivity contribution in [2.24, 2.45) is 0 Å². The molecule has 19 heavy (non-hydrogen) atoms. The Labute approximate surface area is 112 Å². The lowest BCUT2D eigenvalue weighted by Gasteiger charge is -2.29. The molecule has 0 fully saturated rings. The third-order valence-electron chi connectivity index (χ3n) is 3.15. The average Bonchev–Trinajstić information content (AvgIpc) is 2.77. The predicted octanol–water partition coefficient (Wildman–Crippen LogP) is 2.27. The first kappa shape index (κ1) is 11.8. The van der Waals surface area contributed by atoms with Gasteiger partial charge in [-0.05, 0) is 26.0 Å². The molecular formula is C14H16N4O. The zero-order chi connectivity index (χ0) is 13.2. The lowest BCUT2D eigenvalue weighted by molar-refractivity contribution is 0.188. The van der Waals surface area contributed by atoms with Gasteiger partial charge < -0.3 is 9.64 Å². The van der Waals surface area contributed by atoms with E-state index in [4.69, 9.17) is 4.74 Å². The third kappa shape index (κ3) is 2.07. The fourth-order valence-corrected chi connectivity index (χ4v) is 2.13. The van der Waals surface area contributed by atoms with E-state index in [1.54, 1.807) is 12.4 Å². The summed E-state index contributed by atoms with van der Waals surface area (Å²) in [5, 5.41) is 4.54. The van der Waals surface area contributed by atoms with Gasteiger partial charge in [0.1, 0.15) is 6.61 Å². The first-order valence-electron chi connectivity index (χ1n) is 6.36. The summed E-state index contributed by atoms with van der Waals surface area (Å²) in [5.41, 5.74) is 3.00. The van der Waals surface area contributed by atoms with Crippen LogP contribution in [0.1, 0.15) is 12.6 Å². The molecule has 0 bridgehead atoms. The van der Waals surface area contributed by atoms with Crippen molar-refractivity contribution in [3.05, 3.63) is 48.4 Å². The van der Waals surface area contributed by atoms with Gasteiger partial charge in [-0.3, -0.25) is 4.98 Å². The largest absolute Gasteiger partial charge is 0.475 e. The Balaban J connectivity index is 1.97. The Bertz CT molecular complexity index is 603. The zero-order valence-corrected chi connectivity index (χ0v) is 11.1. The first-order chi connectivity index (χ1) is 9.29. The van der Waals surface area contributed by atoms with Crippen LogP contribution < -0.4 is 4.90 Å². The van der Waals surface area contributed by atoms with Crippen LogP contribution >= 0.6 is 0 Å². The SMILES string of the molecule is CCN(C1=CCO1)c1cn(-c2cccnc2)nc1C. The summed E-state index contributed by atoms with van der Waals surface area (Å²) >= 11 is 0. The maximum absolute atomic E-state index is 5.45. The van der Waals surface area contributed by atoms with Gasteiger partial charge in [0, 0.05) is 18.8 Å². The number of rotatable bonds is 4. The topological polar surface area (TPSA) is 43.2 Å². The second kappa shape index (κ2) is 4.76. The number of aromatic nitrogens is 3. The molecule has 0 saturated carbocycles. The van der Waals surface area contributed by atoms with E-state index in [0.717, 1.165) is 29.5 Å². The molecule has 0 N–H and O–H groups in total. The second-order valence-corrected chi connectivity index (χ2v) is 4.35. The van der Waals surface area contributed by atoms with E-state index in [2.05, 4.69) is 28.0 Å². The van der Waals surface area contributed by atoms with Crippen LogP contribution in [0.3, 0.4) is 0 Å². The number of aryl methyl sites for hydroxylation is 1. The average molecular weight is 256 g/mol. The molecule has 98 valence electrons. The molecule has 5 heteroatoms. The molecule has 0 amide bonds. The number of hydrogen-bond donors (Lipinski definition) is 0. The van der Waals surface area contributed by atoms with Gasteiger partial charge in [0.2, 0.25) is 0 Å². The van der Waals surface area contributed by atoms with Crippen LogP contribution in [0.5, 0.6) is 0 Å². The Hall–Kier alpha value is -2.30. The molecule has 0 radical (unpaired) electrons. The highest BCUT2D eigenvalue weighted by Gasteiger charge is 2.20. The van der Waals surface area contributed by atoms with Gasteiger partial charge in [0.05, 0.1) is 29.5 Å². The van der Waals surface area contributed by atoms with Crippen LogP contribution in [-0.2, 0) is 4.74 Å². The van der Waals surface area contributed by atoms with E-state index in [1.807, 2.05) is 29.9 Å². The molecule has 5 nitrogen and oxygen atoms in total. The highest BCUT2D eigenvalue weighted by Crippen LogP contribution is 2.27. The van der Waals surface area contributed by atoms with Gasteiger partial charge in [0.15, 0.2) is 5.88 Å². The van der Waals surface area contributed by atoms with Crippen LogP contribution in [0.15, 0.2) is 42.7 Å². The van der Waals surface area contributed by atoms with E-state index in [-0.39, 0.29) is 0 Å². The highest BCUT2D eigenvalue weighted by molar-refractivity contribution is 5.55. The van der Waals surface area contributed by atoms with E-state index < -0.39 is 0 Å². The number of hydrogen-bond acceptors (Lipinski definition) is 4. The summed E-state index contributed by atoms with van der Waals surface area (Å²) in [4.78, 5) is 6.24. The maximum Gasteiger partial charge on any atom is 0.193 e. The molecule has 2 aromatic rings. The second-order valence-electron chi connectivity index (χ2n) is 4.35. The van der Waals surface area contributed by atoms with Crippen molar-refractivity contribution in [3.63, 3.8) is 0 Å². The van der Waals surface area contributed by atoms with Gasteiger partial charge in [-0.15, -0.1) is 0 Å². The van der Waals surface area contributed by atoms with Crippen LogP contribution in [0.2, 0.25) is 0 Å². The van der Waals surface area contributed by atoms with Gasteiger partial charge in [-0.2, -0.15) is 5.10 Å². The summed E-state index contributed by atoms with van der Waals surface area (Å²) < 4.78 is 7.29. The fourth-order valence-electron chi connectivity index (χ4n) is 2.13. The van der Waals surface area contributed by atoms with Crippen molar-refractivity contribution >= 4 is 5.69 Å². The number of nitrogens with zero attached hydrogens (tertiary/aromatic N) is 4. The summed E-state index contributed by atoms with van der Waals surface area (Å²) in [6, 6.07) is 3.89. The molecule has 2 aromatic heterocycles. The monoisotopic (exact) mass is 256 g/mol. The van der Waals surface area contributed by atoms with Crippen molar-refractivity contribution in [1.29, 1.82) is 0 Å². The lowest BCUT2D eigenvalue weighted by atomic mass is 10.3. The Kier molecular flexibility index (Phi) is 2.95. The quantitative estimate of drug-likeness (QED) is 0.841. The molecule has 1 aliphatic rings. The minimum Gasteiger partial charge on any atom is -0.475 e. The van der Waals surface area contributed by atoms with E-state index in [1.165, 1.54) is 0 Å². The first-order valence-corrected chi connectivity index (χ1v) is 6.36. The van der Waals surface area contributed by atoms with Crippen molar-refractivity contribution in [2.75, 3.05) is 18.1 Å². The maximum atomic E-state index is 5.45. The van der Waals surface area contributed by atoms with Crippen molar-refractivity contribution in [2.45, 2.75) is 13.8 Å². The molecule has 0 saturated heterocycles. The standard InChI is InChI=1S/C14H16N4O/c1-3-17(14-6-8-19-14)13-10-18(16-11(13)2)12-5-4-7-15-9-12/h4-7,9-10H,3,8H2,1-2H3. The predicted molar refractivity (Wildman–Crippen MR) is 73.2 cm³/mol. The molecule has 0 unspecified atom stereocenters. The smallest absolute Gasteiger partial charge is 0.193 e. The molecular weight excluding hydrogens is 240 g/mol. The number of anilines is 1. The molecule has 1 aliphatic heterocycles. The number of pyridine rings is 1. The summed E-state index contributed by atoms with van der Waals surface area (Å²) in [7, 11) is 0. The Morgan fingerprint density at radius 2 is 2.32 bits per heavy atom. The van der Waals surface area contributed by atoms with Crippen molar-refractivity contribution in [1.82, 2.24) is 14.8 Å². The zero-order valence-electron chi connectivity index (χ0n) is 11.1. The summed E-state index contributed by atoms with van der Waals surface area (Å²) in [5.74, 6) is 0.913. The van der Waals surface area contributed by atoms with Crippen molar-refractivity contribution in [3.8, 4) is 5.69 Å². The van der Waals surface area contributed by atoms with Gasteiger partial charge in [-0.25, -0.2) is 4.68 Å². The minimum absolute atomic E-state index is 0.696. The van der Waals surface area contributed by atoms with Gasteiger partial charge >= 0.3 is 0 Å². The van der Waals surface area contributed by atoms with Gasteiger partial charge in [0.25, 0.3) is 0 Å². The lowest BCUT2D eigenvalue weighted by Crippen LogP contribution is -2.28. The molecule has 0 spiro atoms. The molecule has 3 rings (SSSR count). The van der Waals surface area contributed by atoms with E-state index in [0.29, 0.717) is 6.61 Å². The minimum atomic E-state index is 0.696. The van der Waals surface area contributed by atoms with E-state index in [9.17, 15) is 0 Å². The molecule has 0 aromatic carbocycles. The molecule has 0 atom stereocenters. The van der Waals surface area contributed by atoms with Gasteiger partial charge in [-0.1, -0.05) is 0 Å². The third-order valence-corrected chi connectivity index (χ3v) is 3.15. The summed E-state index contributed by atoms with van der Waals surface area (Å²) in [6.07, 6.45) is 7.64. The van der Waals surface area contributed by atoms with Crippen LogP contribution in [0.25, 0.3) is 5.69 Å².